The van der Waals surface area contributed by atoms with E-state index in [-0.39, 0.29) is 6.42 Å². The Bertz CT molecular complexity index is 407. The molecule has 0 atom stereocenters. The van der Waals surface area contributed by atoms with Crippen LogP contribution in [0.3, 0.4) is 0 Å². The highest BCUT2D eigenvalue weighted by atomic mass is 16.5. The van der Waals surface area contributed by atoms with Gasteiger partial charge in [0.1, 0.15) is 6.61 Å². The summed E-state index contributed by atoms with van der Waals surface area (Å²) in [6.07, 6.45) is 2.57. The van der Waals surface area contributed by atoms with E-state index in [0.717, 1.165) is 36.6 Å². The fourth-order valence-electron chi connectivity index (χ4n) is 1.78. The first-order valence-electron chi connectivity index (χ1n) is 5.84. The molecule has 5 nitrogen and oxygen atoms in total. The summed E-state index contributed by atoms with van der Waals surface area (Å²) in [5.74, 6) is 0.857. The van der Waals surface area contributed by atoms with Gasteiger partial charge in [-0.15, -0.1) is 0 Å². The zero-order chi connectivity index (χ0) is 12.1. The predicted octanol–water partition coefficient (Wildman–Crippen LogP) is 1.68. The van der Waals surface area contributed by atoms with Crippen molar-refractivity contribution in [3.63, 3.8) is 0 Å². The topological polar surface area (TPSA) is 71.5 Å². The minimum absolute atomic E-state index is 0.228. The Hall–Kier alpha value is -1.78. The maximum absolute atomic E-state index is 10.4. The van der Waals surface area contributed by atoms with E-state index in [9.17, 15) is 4.79 Å². The molecule has 92 valence electrons. The van der Waals surface area contributed by atoms with Crippen LogP contribution >= 0.6 is 0 Å². The minimum Gasteiger partial charge on any atom is -0.488 e. The van der Waals surface area contributed by atoms with Crippen LogP contribution in [0.15, 0.2) is 12.1 Å². The number of pyridine rings is 1. The summed E-state index contributed by atoms with van der Waals surface area (Å²) in [6, 6.07) is 3.85. The highest BCUT2D eigenvalue weighted by Crippen LogP contribution is 2.25. The number of fused-ring (bicyclic) bond motifs is 1. The van der Waals surface area contributed by atoms with Crippen molar-refractivity contribution in [2.75, 3.05) is 18.5 Å². The smallest absolute Gasteiger partial charge is 0.303 e. The number of rotatable bonds is 5. The largest absolute Gasteiger partial charge is 0.488 e. The first kappa shape index (κ1) is 11.7. The summed E-state index contributed by atoms with van der Waals surface area (Å²) in [5.41, 5.74) is 0.979. The highest BCUT2D eigenvalue weighted by Gasteiger charge is 2.11. The van der Waals surface area contributed by atoms with Crippen molar-refractivity contribution in [2.24, 2.45) is 0 Å². The molecule has 1 aromatic heterocycles. The Balaban J connectivity index is 1.86. The molecule has 0 fully saturated rings. The van der Waals surface area contributed by atoms with Crippen molar-refractivity contribution in [1.82, 2.24) is 4.98 Å². The average molecular weight is 236 g/mol. The van der Waals surface area contributed by atoms with Crippen LogP contribution in [-0.2, 0) is 11.2 Å². The lowest BCUT2D eigenvalue weighted by molar-refractivity contribution is -0.137. The fourth-order valence-corrected chi connectivity index (χ4v) is 1.78. The Labute approximate surface area is 99.8 Å². The number of hydrogen-bond acceptors (Lipinski definition) is 4. The number of carboxylic acids is 1. The second-order valence-electron chi connectivity index (χ2n) is 4.03. The molecule has 0 bridgehead atoms. The molecule has 0 aromatic carbocycles. The SMILES string of the molecule is O=C(O)CCCCc1ccc2c(n1)NCCO2. The summed E-state index contributed by atoms with van der Waals surface area (Å²) >= 11 is 0. The number of nitrogens with one attached hydrogen (secondary N) is 1. The molecule has 1 aliphatic heterocycles. The molecule has 0 radical (unpaired) electrons. The van der Waals surface area contributed by atoms with Gasteiger partial charge in [-0.2, -0.15) is 0 Å². The normalized spacial score (nSPS) is 13.4. The van der Waals surface area contributed by atoms with Crippen LogP contribution in [0.25, 0.3) is 0 Å². The molecule has 5 heteroatoms. The van der Waals surface area contributed by atoms with Gasteiger partial charge in [-0.1, -0.05) is 0 Å². The summed E-state index contributed by atoms with van der Waals surface area (Å²) in [7, 11) is 0. The van der Waals surface area contributed by atoms with Crippen molar-refractivity contribution in [2.45, 2.75) is 25.7 Å². The fraction of sp³-hybridized carbons (Fsp3) is 0.500. The number of carbonyl (C=O) groups is 1. The maximum Gasteiger partial charge on any atom is 0.303 e. The van der Waals surface area contributed by atoms with Crippen molar-refractivity contribution in [1.29, 1.82) is 0 Å². The maximum atomic E-state index is 10.4. The first-order chi connectivity index (χ1) is 8.25. The van der Waals surface area contributed by atoms with Crippen molar-refractivity contribution >= 4 is 11.8 Å². The molecule has 0 saturated heterocycles. The molecule has 0 aliphatic carbocycles. The van der Waals surface area contributed by atoms with Crippen LogP contribution in [0.2, 0.25) is 0 Å². The Morgan fingerprint density at radius 1 is 1.47 bits per heavy atom. The average Bonchev–Trinajstić information content (AvgIpc) is 2.34. The number of aromatic nitrogens is 1. The van der Waals surface area contributed by atoms with Gasteiger partial charge in [-0.3, -0.25) is 4.79 Å². The third-order valence-corrected chi connectivity index (χ3v) is 2.64. The van der Waals surface area contributed by atoms with Crippen LogP contribution in [0.5, 0.6) is 5.75 Å². The number of unbranched alkanes of at least 4 members (excludes halogenated alkanes) is 1. The third kappa shape index (κ3) is 3.34. The van der Waals surface area contributed by atoms with Gasteiger partial charge in [0.05, 0.1) is 6.54 Å². The zero-order valence-corrected chi connectivity index (χ0v) is 9.61. The van der Waals surface area contributed by atoms with E-state index in [2.05, 4.69) is 10.3 Å². The number of carboxylic acid groups (broad SMARTS) is 1. The number of aliphatic carboxylic acids is 1. The van der Waals surface area contributed by atoms with Gasteiger partial charge in [-0.05, 0) is 31.4 Å². The Morgan fingerprint density at radius 2 is 2.35 bits per heavy atom. The van der Waals surface area contributed by atoms with Crippen molar-refractivity contribution in [3.05, 3.63) is 17.8 Å². The molecule has 1 aliphatic rings. The quantitative estimate of drug-likeness (QED) is 0.761. The van der Waals surface area contributed by atoms with Crippen LogP contribution in [0, 0.1) is 0 Å². The molecule has 1 aromatic rings. The van der Waals surface area contributed by atoms with Crippen LogP contribution < -0.4 is 10.1 Å². The standard InChI is InChI=1S/C12H16N2O3/c15-11(16)4-2-1-3-9-5-6-10-12(14-9)13-7-8-17-10/h5-6H,1-4,7-8H2,(H,13,14)(H,15,16). The second-order valence-corrected chi connectivity index (χ2v) is 4.03. The van der Waals surface area contributed by atoms with Gasteiger partial charge in [-0.25, -0.2) is 4.98 Å². The van der Waals surface area contributed by atoms with Gasteiger partial charge >= 0.3 is 5.97 Å². The van der Waals surface area contributed by atoms with E-state index in [1.165, 1.54) is 0 Å². The Kier molecular flexibility index (Phi) is 3.80. The summed E-state index contributed by atoms with van der Waals surface area (Å²) < 4.78 is 5.43. The van der Waals surface area contributed by atoms with E-state index in [1.807, 2.05) is 12.1 Å². The Morgan fingerprint density at radius 3 is 3.18 bits per heavy atom. The first-order valence-corrected chi connectivity index (χ1v) is 5.84. The minimum atomic E-state index is -0.738. The lowest BCUT2D eigenvalue weighted by Gasteiger charge is -2.18. The number of ether oxygens (including phenoxy) is 1. The van der Waals surface area contributed by atoms with E-state index < -0.39 is 5.97 Å². The van der Waals surface area contributed by atoms with Crippen LogP contribution in [0.4, 0.5) is 5.82 Å². The van der Waals surface area contributed by atoms with Crippen molar-refractivity contribution in [3.8, 4) is 5.75 Å². The molecular weight excluding hydrogens is 220 g/mol. The number of anilines is 1. The molecule has 2 N–H and O–H groups in total. The highest BCUT2D eigenvalue weighted by molar-refractivity contribution is 5.66. The molecular formula is C12H16N2O3. The molecule has 0 unspecified atom stereocenters. The van der Waals surface area contributed by atoms with Crippen LogP contribution in [-0.4, -0.2) is 29.2 Å². The van der Waals surface area contributed by atoms with Gasteiger partial charge < -0.3 is 15.2 Å². The predicted molar refractivity (Wildman–Crippen MR) is 63.4 cm³/mol. The number of hydrogen-bond donors (Lipinski definition) is 2. The van der Waals surface area contributed by atoms with Gasteiger partial charge in [0, 0.05) is 12.1 Å². The number of nitrogens with zero attached hydrogens (tertiary/aromatic N) is 1. The summed E-state index contributed by atoms with van der Waals surface area (Å²) in [4.78, 5) is 14.8. The summed E-state index contributed by atoms with van der Waals surface area (Å²) in [5, 5.41) is 11.7. The molecule has 0 amide bonds. The third-order valence-electron chi connectivity index (χ3n) is 2.64. The second kappa shape index (κ2) is 5.52. The summed E-state index contributed by atoms with van der Waals surface area (Å²) in [6.45, 7) is 1.45. The van der Waals surface area contributed by atoms with E-state index >= 15 is 0 Å². The van der Waals surface area contributed by atoms with Gasteiger partial charge in [0.15, 0.2) is 11.6 Å². The van der Waals surface area contributed by atoms with E-state index in [1.54, 1.807) is 0 Å². The van der Waals surface area contributed by atoms with Crippen molar-refractivity contribution < 1.29 is 14.6 Å². The van der Waals surface area contributed by atoms with Crippen LogP contribution in [0.1, 0.15) is 25.0 Å². The molecule has 0 spiro atoms. The van der Waals surface area contributed by atoms with Gasteiger partial charge in [0.2, 0.25) is 0 Å². The molecule has 17 heavy (non-hydrogen) atoms. The molecule has 2 heterocycles. The lowest BCUT2D eigenvalue weighted by Crippen LogP contribution is -2.19. The lowest BCUT2D eigenvalue weighted by atomic mass is 10.1. The van der Waals surface area contributed by atoms with E-state index in [0.29, 0.717) is 13.0 Å². The molecule has 0 saturated carbocycles. The zero-order valence-electron chi connectivity index (χ0n) is 9.61. The number of aryl methyl sites for hydroxylation is 1. The monoisotopic (exact) mass is 236 g/mol. The van der Waals surface area contributed by atoms with Gasteiger partial charge in [0.25, 0.3) is 0 Å². The molecule has 2 rings (SSSR count). The van der Waals surface area contributed by atoms with E-state index in [4.69, 9.17) is 9.84 Å².